The summed E-state index contributed by atoms with van der Waals surface area (Å²) in [5, 5.41) is 0.951. The maximum atomic E-state index is 10.9. The highest BCUT2D eigenvalue weighted by atomic mass is 19.4. The fourth-order valence-corrected chi connectivity index (χ4v) is 1.08. The van der Waals surface area contributed by atoms with Crippen LogP contribution in [0.25, 0.3) is 11.0 Å². The van der Waals surface area contributed by atoms with Crippen molar-refractivity contribution in [3.05, 3.63) is 46.8 Å². The quantitative estimate of drug-likeness (QED) is 0.453. The van der Waals surface area contributed by atoms with Gasteiger partial charge in [0.05, 0.1) is 0 Å². The van der Waals surface area contributed by atoms with Crippen molar-refractivity contribution >= 4 is 23.0 Å². The first-order valence-corrected chi connectivity index (χ1v) is 4.90. The van der Waals surface area contributed by atoms with Gasteiger partial charge in [-0.05, 0) is 12.1 Å². The molecular weight excluding hydrogens is 265 g/mol. The van der Waals surface area contributed by atoms with Crippen LogP contribution in [0.1, 0.15) is 0 Å². The van der Waals surface area contributed by atoms with Gasteiger partial charge in [0.2, 0.25) is 0 Å². The molecule has 2 aromatic rings. The van der Waals surface area contributed by atoms with E-state index in [-0.39, 0.29) is 5.63 Å². The summed E-state index contributed by atoms with van der Waals surface area (Å²) in [5.74, 6) is -2.35. The van der Waals surface area contributed by atoms with Crippen LogP contribution in [-0.4, -0.2) is 18.2 Å². The number of Topliss-reactive ketones (excluding diaryl/α,β-unsaturated/α-hetero) is 1. The second-order valence-corrected chi connectivity index (χ2v) is 3.27. The Bertz CT molecular complexity index is 643. The summed E-state index contributed by atoms with van der Waals surface area (Å²) in [6, 6.07) is 10.6. The van der Waals surface area contributed by atoms with E-state index in [4.69, 9.17) is 9.21 Å². The highest BCUT2D eigenvalue weighted by Gasteiger charge is 2.37. The van der Waals surface area contributed by atoms with E-state index in [9.17, 15) is 22.8 Å². The van der Waals surface area contributed by atoms with Gasteiger partial charge in [0.15, 0.2) is 6.29 Å². The van der Waals surface area contributed by atoms with E-state index in [1.165, 1.54) is 6.07 Å². The summed E-state index contributed by atoms with van der Waals surface area (Å²) >= 11 is 0. The van der Waals surface area contributed by atoms with Crippen molar-refractivity contribution in [2.24, 2.45) is 0 Å². The zero-order valence-corrected chi connectivity index (χ0v) is 9.31. The SMILES string of the molecule is O=CC(=O)C(F)(F)F.O=c1ccc2ccccc2o1. The number of carbonyl (C=O) groups is 2. The first-order chi connectivity index (χ1) is 8.84. The van der Waals surface area contributed by atoms with E-state index in [0.717, 1.165) is 5.39 Å². The standard InChI is InChI=1S/C9H6O2.C3HF3O2/c10-9-6-5-7-3-1-2-4-8(7)11-9;4-3(5,6)2(8)1-7/h1-6H;1H. The van der Waals surface area contributed by atoms with Crippen molar-refractivity contribution < 1.29 is 27.2 Å². The average molecular weight is 272 g/mol. The maximum Gasteiger partial charge on any atom is 0.457 e. The number of rotatable bonds is 1. The predicted octanol–water partition coefficient (Wildman–Crippen LogP) is 2.11. The minimum atomic E-state index is -5.00. The summed E-state index contributed by atoms with van der Waals surface area (Å²) in [7, 11) is 0. The molecule has 0 radical (unpaired) electrons. The molecule has 0 unspecified atom stereocenters. The second kappa shape index (κ2) is 5.94. The topological polar surface area (TPSA) is 64.3 Å². The van der Waals surface area contributed by atoms with Crippen molar-refractivity contribution in [3.63, 3.8) is 0 Å². The molecular formula is C12H7F3O4. The van der Waals surface area contributed by atoms with Crippen LogP contribution in [0.5, 0.6) is 0 Å². The second-order valence-electron chi connectivity index (χ2n) is 3.27. The molecule has 0 aliphatic rings. The first kappa shape index (κ1) is 14.6. The van der Waals surface area contributed by atoms with E-state index in [0.29, 0.717) is 5.58 Å². The van der Waals surface area contributed by atoms with Crippen molar-refractivity contribution in [1.82, 2.24) is 0 Å². The van der Waals surface area contributed by atoms with Crippen LogP contribution in [0.4, 0.5) is 13.2 Å². The number of ketones is 1. The zero-order chi connectivity index (χ0) is 14.5. The van der Waals surface area contributed by atoms with Gasteiger partial charge in [-0.1, -0.05) is 18.2 Å². The number of aldehydes is 1. The molecule has 0 saturated carbocycles. The molecule has 0 atom stereocenters. The van der Waals surface area contributed by atoms with Crippen LogP contribution in [0.2, 0.25) is 0 Å². The highest BCUT2D eigenvalue weighted by molar-refractivity contribution is 6.27. The minimum Gasteiger partial charge on any atom is -0.423 e. The molecule has 0 fully saturated rings. The third-order valence-electron chi connectivity index (χ3n) is 1.91. The van der Waals surface area contributed by atoms with Gasteiger partial charge in [0.1, 0.15) is 5.58 Å². The Morgan fingerprint density at radius 2 is 1.74 bits per heavy atom. The fourth-order valence-electron chi connectivity index (χ4n) is 1.08. The van der Waals surface area contributed by atoms with Gasteiger partial charge in [-0.25, -0.2) is 4.79 Å². The third-order valence-corrected chi connectivity index (χ3v) is 1.91. The lowest BCUT2D eigenvalue weighted by Gasteiger charge is -1.94. The molecule has 1 aromatic carbocycles. The van der Waals surface area contributed by atoms with Gasteiger partial charge in [-0.3, -0.25) is 9.59 Å². The number of alkyl halides is 3. The zero-order valence-electron chi connectivity index (χ0n) is 9.31. The van der Waals surface area contributed by atoms with Crippen molar-refractivity contribution in [3.8, 4) is 0 Å². The summed E-state index contributed by atoms with van der Waals surface area (Å²) in [6.07, 6.45) is -5.76. The van der Waals surface area contributed by atoms with Gasteiger partial charge >= 0.3 is 11.8 Å². The molecule has 0 aliphatic heterocycles. The summed E-state index contributed by atoms with van der Waals surface area (Å²) in [4.78, 5) is 29.1. The van der Waals surface area contributed by atoms with Crippen molar-refractivity contribution in [2.45, 2.75) is 6.18 Å². The molecule has 0 spiro atoms. The van der Waals surface area contributed by atoms with E-state index in [1.807, 2.05) is 18.2 Å². The molecule has 7 heteroatoms. The lowest BCUT2D eigenvalue weighted by molar-refractivity contribution is -0.171. The molecule has 2 rings (SSSR count). The van der Waals surface area contributed by atoms with Gasteiger partial charge < -0.3 is 4.42 Å². The normalized spacial score (nSPS) is 10.5. The molecule has 1 aromatic heterocycles. The Balaban J connectivity index is 0.000000203. The highest BCUT2D eigenvalue weighted by Crippen LogP contribution is 2.13. The number of halogens is 3. The average Bonchev–Trinajstić information content (AvgIpc) is 2.37. The third kappa shape index (κ3) is 4.38. The number of benzene rings is 1. The van der Waals surface area contributed by atoms with Crippen LogP contribution < -0.4 is 5.63 Å². The Kier molecular flexibility index (Phi) is 4.57. The van der Waals surface area contributed by atoms with Gasteiger partial charge in [-0.2, -0.15) is 13.2 Å². The minimum absolute atomic E-state index is 0.302. The van der Waals surface area contributed by atoms with Crippen LogP contribution >= 0.6 is 0 Å². The molecule has 0 bridgehead atoms. The molecule has 0 amide bonds. The molecule has 4 nitrogen and oxygen atoms in total. The monoisotopic (exact) mass is 272 g/mol. The molecule has 0 N–H and O–H groups in total. The first-order valence-electron chi connectivity index (χ1n) is 4.90. The number of hydrogen-bond acceptors (Lipinski definition) is 4. The lowest BCUT2D eigenvalue weighted by Crippen LogP contribution is -2.23. The molecule has 1 heterocycles. The largest absolute Gasteiger partial charge is 0.457 e. The van der Waals surface area contributed by atoms with Crippen molar-refractivity contribution in [2.75, 3.05) is 0 Å². The van der Waals surface area contributed by atoms with E-state index in [1.54, 1.807) is 12.1 Å². The molecule has 19 heavy (non-hydrogen) atoms. The summed E-state index contributed by atoms with van der Waals surface area (Å²) in [5.41, 5.74) is 0.337. The number of hydrogen-bond donors (Lipinski definition) is 0. The van der Waals surface area contributed by atoms with Crippen LogP contribution in [0.15, 0.2) is 45.6 Å². The Morgan fingerprint density at radius 1 is 1.11 bits per heavy atom. The van der Waals surface area contributed by atoms with E-state index >= 15 is 0 Å². The van der Waals surface area contributed by atoms with E-state index in [2.05, 4.69) is 0 Å². The van der Waals surface area contributed by atoms with Gasteiger partial charge in [0.25, 0.3) is 5.78 Å². The maximum absolute atomic E-state index is 10.9. The molecule has 100 valence electrons. The number of fused-ring (bicyclic) bond motifs is 1. The van der Waals surface area contributed by atoms with Gasteiger partial charge in [0, 0.05) is 11.5 Å². The van der Waals surface area contributed by atoms with Crippen LogP contribution in [0.3, 0.4) is 0 Å². The van der Waals surface area contributed by atoms with Crippen molar-refractivity contribution in [1.29, 1.82) is 0 Å². The van der Waals surface area contributed by atoms with Crippen LogP contribution in [-0.2, 0) is 9.59 Å². The Hall–Kier alpha value is -2.44. The Labute approximate surface area is 104 Å². The lowest BCUT2D eigenvalue weighted by atomic mass is 10.2. The van der Waals surface area contributed by atoms with Crippen LogP contribution in [0, 0.1) is 0 Å². The predicted molar refractivity (Wildman–Crippen MR) is 59.6 cm³/mol. The Morgan fingerprint density at radius 3 is 2.26 bits per heavy atom. The molecule has 0 aliphatic carbocycles. The molecule has 0 saturated heterocycles. The number of carbonyl (C=O) groups excluding carboxylic acids is 2. The van der Waals surface area contributed by atoms with Gasteiger partial charge in [-0.15, -0.1) is 0 Å². The number of para-hydroxylation sites is 1. The summed E-state index contributed by atoms with van der Waals surface area (Å²) < 4.78 is 37.5. The smallest absolute Gasteiger partial charge is 0.423 e. The van der Waals surface area contributed by atoms with E-state index < -0.39 is 18.2 Å². The fraction of sp³-hybridized carbons (Fsp3) is 0.0833. The summed E-state index contributed by atoms with van der Waals surface area (Å²) in [6.45, 7) is 0.